The number of hydrogen-bond acceptors (Lipinski definition) is 4. The van der Waals surface area contributed by atoms with Gasteiger partial charge in [0.15, 0.2) is 5.96 Å². The Kier molecular flexibility index (Phi) is 4.08. The SMILES string of the molecule is CC1(C)CN=C2C[C@@](C)(c3cc(-c4cccc(C#N)c4)cs3)NC(=N)N2C1. The highest BCUT2D eigenvalue weighted by Gasteiger charge is 2.42. The summed E-state index contributed by atoms with van der Waals surface area (Å²) >= 11 is 1.69. The summed E-state index contributed by atoms with van der Waals surface area (Å²) in [7, 11) is 0. The smallest absolute Gasteiger partial charge is 0.197 e. The van der Waals surface area contributed by atoms with Gasteiger partial charge in [-0.1, -0.05) is 26.0 Å². The van der Waals surface area contributed by atoms with Crippen molar-refractivity contribution in [1.29, 1.82) is 10.7 Å². The minimum absolute atomic E-state index is 0.0904. The van der Waals surface area contributed by atoms with E-state index in [1.165, 1.54) is 4.88 Å². The van der Waals surface area contributed by atoms with E-state index in [0.29, 0.717) is 11.5 Å². The van der Waals surface area contributed by atoms with Crippen molar-refractivity contribution in [2.75, 3.05) is 13.1 Å². The molecule has 1 aromatic heterocycles. The van der Waals surface area contributed by atoms with Gasteiger partial charge in [0.05, 0.1) is 17.2 Å². The largest absolute Gasteiger partial charge is 0.346 e. The van der Waals surface area contributed by atoms with E-state index in [9.17, 15) is 0 Å². The van der Waals surface area contributed by atoms with Crippen LogP contribution >= 0.6 is 11.3 Å². The summed E-state index contributed by atoms with van der Waals surface area (Å²) in [4.78, 5) is 7.98. The zero-order valence-corrected chi connectivity index (χ0v) is 16.7. The molecule has 27 heavy (non-hydrogen) atoms. The first kappa shape index (κ1) is 17.7. The van der Waals surface area contributed by atoms with Gasteiger partial charge in [-0.25, -0.2) is 0 Å². The molecule has 0 radical (unpaired) electrons. The van der Waals surface area contributed by atoms with Crippen molar-refractivity contribution in [2.45, 2.75) is 32.7 Å². The topological polar surface area (TPSA) is 75.3 Å². The Labute approximate surface area is 163 Å². The number of nitrogens with zero attached hydrogens (tertiary/aromatic N) is 3. The van der Waals surface area contributed by atoms with E-state index < -0.39 is 0 Å². The molecule has 1 atom stereocenters. The number of aliphatic imine (C=N–C) groups is 1. The molecule has 1 saturated heterocycles. The number of guanidine groups is 1. The monoisotopic (exact) mass is 377 g/mol. The van der Waals surface area contributed by atoms with Gasteiger partial charge in [0, 0.05) is 29.8 Å². The molecule has 0 spiro atoms. The first-order valence-corrected chi connectivity index (χ1v) is 9.95. The zero-order valence-electron chi connectivity index (χ0n) is 15.8. The summed E-state index contributed by atoms with van der Waals surface area (Å²) in [6.45, 7) is 8.15. The number of rotatable bonds is 2. The van der Waals surface area contributed by atoms with Crippen LogP contribution < -0.4 is 5.32 Å². The first-order chi connectivity index (χ1) is 12.8. The van der Waals surface area contributed by atoms with E-state index in [-0.39, 0.29) is 11.0 Å². The second-order valence-corrected chi connectivity index (χ2v) is 9.27. The van der Waals surface area contributed by atoms with Crippen molar-refractivity contribution in [3.8, 4) is 17.2 Å². The number of nitriles is 1. The van der Waals surface area contributed by atoms with E-state index in [2.05, 4.69) is 43.6 Å². The average molecular weight is 378 g/mol. The summed E-state index contributed by atoms with van der Waals surface area (Å²) in [5.41, 5.74) is 2.57. The van der Waals surface area contributed by atoms with E-state index in [1.54, 1.807) is 11.3 Å². The molecule has 0 bridgehead atoms. The van der Waals surface area contributed by atoms with Gasteiger partial charge in [-0.05, 0) is 41.6 Å². The third-order valence-electron chi connectivity index (χ3n) is 5.23. The molecule has 0 saturated carbocycles. The van der Waals surface area contributed by atoms with E-state index in [0.717, 1.165) is 36.5 Å². The van der Waals surface area contributed by atoms with E-state index in [1.807, 2.05) is 29.2 Å². The fourth-order valence-corrected chi connectivity index (χ4v) is 4.74. The Morgan fingerprint density at radius 3 is 2.85 bits per heavy atom. The Morgan fingerprint density at radius 1 is 1.26 bits per heavy atom. The molecule has 4 rings (SSSR count). The Balaban J connectivity index is 1.64. The Bertz CT molecular complexity index is 980. The molecule has 1 aromatic carbocycles. The maximum Gasteiger partial charge on any atom is 0.197 e. The molecule has 6 heteroatoms. The van der Waals surface area contributed by atoms with Crippen molar-refractivity contribution in [1.82, 2.24) is 10.2 Å². The van der Waals surface area contributed by atoms with Crippen molar-refractivity contribution < 1.29 is 0 Å². The van der Waals surface area contributed by atoms with Crippen molar-refractivity contribution in [3.63, 3.8) is 0 Å². The summed E-state index contributed by atoms with van der Waals surface area (Å²) in [5, 5.41) is 23.2. The molecule has 2 aliphatic rings. The van der Waals surface area contributed by atoms with Crippen molar-refractivity contribution in [2.24, 2.45) is 10.4 Å². The van der Waals surface area contributed by atoms with Gasteiger partial charge < -0.3 is 10.2 Å². The molecule has 1 fully saturated rings. The third kappa shape index (κ3) is 3.24. The third-order valence-corrected chi connectivity index (χ3v) is 6.43. The number of fused-ring (bicyclic) bond motifs is 1. The van der Waals surface area contributed by atoms with Crippen LogP contribution in [-0.4, -0.2) is 29.8 Å². The summed E-state index contributed by atoms with van der Waals surface area (Å²) in [6, 6.07) is 12.0. The summed E-state index contributed by atoms with van der Waals surface area (Å²) in [5.74, 6) is 1.43. The van der Waals surface area contributed by atoms with Gasteiger partial charge in [-0.2, -0.15) is 5.26 Å². The van der Waals surface area contributed by atoms with Crippen LogP contribution in [0.4, 0.5) is 0 Å². The lowest BCUT2D eigenvalue weighted by Crippen LogP contribution is -2.62. The maximum atomic E-state index is 9.14. The van der Waals surface area contributed by atoms with E-state index >= 15 is 0 Å². The highest BCUT2D eigenvalue weighted by atomic mass is 32.1. The molecule has 0 aliphatic carbocycles. The minimum atomic E-state index is -0.344. The van der Waals surface area contributed by atoms with Gasteiger partial charge in [-0.15, -0.1) is 11.3 Å². The van der Waals surface area contributed by atoms with Gasteiger partial charge in [0.25, 0.3) is 0 Å². The van der Waals surface area contributed by atoms with Crippen LogP contribution in [0.1, 0.15) is 37.6 Å². The predicted octanol–water partition coefficient (Wildman–Crippen LogP) is 4.17. The molecule has 0 amide bonds. The van der Waals surface area contributed by atoms with Gasteiger partial charge in [-0.3, -0.25) is 10.4 Å². The molecule has 138 valence electrons. The van der Waals surface area contributed by atoms with Crippen LogP contribution in [0.2, 0.25) is 0 Å². The quantitative estimate of drug-likeness (QED) is 0.825. The Hall–Kier alpha value is -2.65. The molecular formula is C21H23N5S. The highest BCUT2D eigenvalue weighted by Crippen LogP contribution is 2.38. The standard InChI is InChI=1S/C21H23N5S/c1-20(2)12-24-18-9-21(3,25-19(23)26(18)13-20)17-8-16(11-27-17)15-6-4-5-14(7-15)10-22/h4-8,11H,9,12-13H2,1-3H3,(H2,23,25)/t21-/m0/s1. The fourth-order valence-electron chi connectivity index (χ4n) is 3.70. The Morgan fingerprint density at radius 2 is 2.07 bits per heavy atom. The lowest BCUT2D eigenvalue weighted by Gasteiger charge is -2.47. The lowest BCUT2D eigenvalue weighted by atomic mass is 9.87. The van der Waals surface area contributed by atoms with Crippen molar-refractivity contribution >= 4 is 23.1 Å². The van der Waals surface area contributed by atoms with Gasteiger partial charge in [0.2, 0.25) is 0 Å². The van der Waals surface area contributed by atoms with E-state index in [4.69, 9.17) is 15.7 Å². The highest BCUT2D eigenvalue weighted by molar-refractivity contribution is 7.10. The normalized spacial score (nSPS) is 23.9. The summed E-state index contributed by atoms with van der Waals surface area (Å²) < 4.78 is 0. The number of hydrogen-bond donors (Lipinski definition) is 2. The second kappa shape index (κ2) is 6.21. The zero-order chi connectivity index (χ0) is 19.2. The molecule has 2 aromatic rings. The van der Waals surface area contributed by atoms with Crippen LogP contribution in [0.25, 0.3) is 11.1 Å². The maximum absolute atomic E-state index is 9.14. The van der Waals surface area contributed by atoms with Crippen LogP contribution in [-0.2, 0) is 5.54 Å². The molecule has 3 heterocycles. The van der Waals surface area contributed by atoms with Crippen LogP contribution in [0.5, 0.6) is 0 Å². The molecule has 2 N–H and O–H groups in total. The molecule has 2 aliphatic heterocycles. The molecule has 5 nitrogen and oxygen atoms in total. The van der Waals surface area contributed by atoms with Gasteiger partial charge in [0.1, 0.15) is 5.84 Å². The van der Waals surface area contributed by atoms with Gasteiger partial charge >= 0.3 is 0 Å². The number of amidine groups is 1. The number of nitrogens with one attached hydrogen (secondary N) is 2. The second-order valence-electron chi connectivity index (χ2n) is 8.36. The number of benzene rings is 1. The molecular weight excluding hydrogens is 354 g/mol. The summed E-state index contributed by atoms with van der Waals surface area (Å²) in [6.07, 6.45) is 0.768. The fraction of sp³-hybridized carbons (Fsp3) is 0.381. The van der Waals surface area contributed by atoms with Crippen LogP contribution in [0.3, 0.4) is 0 Å². The van der Waals surface area contributed by atoms with Crippen LogP contribution in [0.15, 0.2) is 40.7 Å². The van der Waals surface area contributed by atoms with Crippen molar-refractivity contribution in [3.05, 3.63) is 46.2 Å². The first-order valence-electron chi connectivity index (χ1n) is 9.07. The molecule has 0 unspecified atom stereocenters. The number of thiophene rings is 1. The van der Waals surface area contributed by atoms with Crippen LogP contribution in [0, 0.1) is 22.2 Å². The minimum Gasteiger partial charge on any atom is -0.346 e. The average Bonchev–Trinajstić information content (AvgIpc) is 3.13. The predicted molar refractivity (Wildman–Crippen MR) is 110 cm³/mol. The lowest BCUT2D eigenvalue weighted by molar-refractivity contribution is 0.261.